The Bertz CT molecular complexity index is 352. The van der Waals surface area contributed by atoms with E-state index < -0.39 is 0 Å². The lowest BCUT2D eigenvalue weighted by Crippen LogP contribution is -2.44. The zero-order valence-electron chi connectivity index (χ0n) is 11.2. The summed E-state index contributed by atoms with van der Waals surface area (Å²) in [6.07, 6.45) is 4.00. The minimum absolute atomic E-state index is 0.664. The van der Waals surface area contributed by atoms with Crippen LogP contribution in [0.15, 0.2) is 24.3 Å². The summed E-state index contributed by atoms with van der Waals surface area (Å²) in [6.45, 7) is 5.66. The molecule has 94 valence electrons. The molecule has 2 atom stereocenters. The van der Waals surface area contributed by atoms with Crippen molar-refractivity contribution in [2.75, 3.05) is 11.9 Å². The van der Waals surface area contributed by atoms with E-state index in [2.05, 4.69) is 48.3 Å². The first-order chi connectivity index (χ1) is 8.24. The van der Waals surface area contributed by atoms with Gasteiger partial charge in [-0.25, -0.2) is 0 Å². The van der Waals surface area contributed by atoms with E-state index in [4.69, 9.17) is 0 Å². The van der Waals surface area contributed by atoms with Gasteiger partial charge >= 0.3 is 0 Å². The highest BCUT2D eigenvalue weighted by Gasteiger charge is 2.25. The molecular formula is C15H24N2. The molecule has 0 saturated carbocycles. The molecule has 1 aromatic carbocycles. The lowest BCUT2D eigenvalue weighted by molar-refractivity contribution is 0.413. The SMILES string of the molecule is CNCc1ccccc1N1C(C)CCCC1C. The van der Waals surface area contributed by atoms with Crippen LogP contribution in [0.2, 0.25) is 0 Å². The molecule has 1 heterocycles. The molecule has 2 heteroatoms. The van der Waals surface area contributed by atoms with E-state index in [1.165, 1.54) is 30.5 Å². The van der Waals surface area contributed by atoms with Crippen LogP contribution in [0.25, 0.3) is 0 Å². The minimum atomic E-state index is 0.664. The van der Waals surface area contributed by atoms with Gasteiger partial charge in [-0.05, 0) is 51.8 Å². The standard InChI is InChI=1S/C15H24N2/c1-12-7-6-8-13(2)17(12)15-10-5-4-9-14(15)11-16-3/h4-5,9-10,12-13,16H,6-8,11H2,1-3H3. The second-order valence-electron chi connectivity index (χ2n) is 5.20. The average Bonchev–Trinajstić information content (AvgIpc) is 2.31. The second-order valence-corrected chi connectivity index (χ2v) is 5.20. The summed E-state index contributed by atoms with van der Waals surface area (Å²) in [5, 5.41) is 3.27. The van der Waals surface area contributed by atoms with Crippen molar-refractivity contribution >= 4 is 5.69 Å². The molecule has 2 nitrogen and oxygen atoms in total. The summed E-state index contributed by atoms with van der Waals surface area (Å²) in [5.41, 5.74) is 2.83. The molecule has 0 spiro atoms. The molecule has 1 N–H and O–H groups in total. The molecule has 0 radical (unpaired) electrons. The van der Waals surface area contributed by atoms with Crippen molar-refractivity contribution in [2.45, 2.75) is 51.7 Å². The zero-order chi connectivity index (χ0) is 12.3. The van der Waals surface area contributed by atoms with Crippen molar-refractivity contribution in [1.82, 2.24) is 5.32 Å². The maximum absolute atomic E-state index is 3.27. The topological polar surface area (TPSA) is 15.3 Å². The lowest BCUT2D eigenvalue weighted by atomic mass is 9.95. The molecule has 1 saturated heterocycles. The number of rotatable bonds is 3. The fraction of sp³-hybridized carbons (Fsp3) is 0.600. The fourth-order valence-corrected chi connectivity index (χ4v) is 3.00. The third-order valence-corrected chi connectivity index (χ3v) is 3.83. The van der Waals surface area contributed by atoms with Gasteiger partial charge in [0.15, 0.2) is 0 Å². The van der Waals surface area contributed by atoms with Gasteiger partial charge in [0, 0.05) is 24.3 Å². The van der Waals surface area contributed by atoms with Gasteiger partial charge in [0.2, 0.25) is 0 Å². The molecule has 0 aliphatic carbocycles. The smallest absolute Gasteiger partial charge is 0.0416 e. The first kappa shape index (κ1) is 12.4. The van der Waals surface area contributed by atoms with Gasteiger partial charge in [-0.15, -0.1) is 0 Å². The lowest BCUT2D eigenvalue weighted by Gasteiger charge is -2.42. The van der Waals surface area contributed by atoms with E-state index in [0.717, 1.165) is 6.54 Å². The molecule has 1 fully saturated rings. The minimum Gasteiger partial charge on any atom is -0.366 e. The first-order valence-corrected chi connectivity index (χ1v) is 6.75. The Hall–Kier alpha value is -1.02. The fourth-order valence-electron chi connectivity index (χ4n) is 3.00. The first-order valence-electron chi connectivity index (χ1n) is 6.75. The van der Waals surface area contributed by atoms with Crippen molar-refractivity contribution in [1.29, 1.82) is 0 Å². The zero-order valence-corrected chi connectivity index (χ0v) is 11.2. The van der Waals surface area contributed by atoms with E-state index in [1.54, 1.807) is 0 Å². The number of para-hydroxylation sites is 1. The third kappa shape index (κ3) is 2.63. The van der Waals surface area contributed by atoms with Crippen LogP contribution in [-0.2, 0) is 6.54 Å². The van der Waals surface area contributed by atoms with Crippen LogP contribution in [-0.4, -0.2) is 19.1 Å². The van der Waals surface area contributed by atoms with Gasteiger partial charge in [-0.2, -0.15) is 0 Å². The Morgan fingerprint density at radius 1 is 1.18 bits per heavy atom. The highest BCUT2D eigenvalue weighted by molar-refractivity contribution is 5.55. The molecule has 1 aliphatic rings. The number of piperidine rings is 1. The number of hydrogen-bond donors (Lipinski definition) is 1. The molecule has 1 aliphatic heterocycles. The summed E-state index contributed by atoms with van der Waals surface area (Å²) in [5.74, 6) is 0. The van der Waals surface area contributed by atoms with Gasteiger partial charge in [-0.1, -0.05) is 18.2 Å². The van der Waals surface area contributed by atoms with Gasteiger partial charge in [0.1, 0.15) is 0 Å². The van der Waals surface area contributed by atoms with Gasteiger partial charge in [0.25, 0.3) is 0 Å². The summed E-state index contributed by atoms with van der Waals surface area (Å²) in [7, 11) is 2.01. The average molecular weight is 232 g/mol. The van der Waals surface area contributed by atoms with E-state index in [-0.39, 0.29) is 0 Å². The van der Waals surface area contributed by atoms with Gasteiger partial charge in [0.05, 0.1) is 0 Å². The quantitative estimate of drug-likeness (QED) is 0.861. The number of nitrogens with zero attached hydrogens (tertiary/aromatic N) is 1. The van der Waals surface area contributed by atoms with E-state index >= 15 is 0 Å². The molecule has 17 heavy (non-hydrogen) atoms. The molecule has 0 aromatic heterocycles. The van der Waals surface area contributed by atoms with Crippen LogP contribution in [0, 0.1) is 0 Å². The van der Waals surface area contributed by atoms with Crippen LogP contribution >= 0.6 is 0 Å². The highest BCUT2D eigenvalue weighted by Crippen LogP contribution is 2.31. The van der Waals surface area contributed by atoms with Gasteiger partial charge in [-0.3, -0.25) is 0 Å². The summed E-state index contributed by atoms with van der Waals surface area (Å²) < 4.78 is 0. The number of anilines is 1. The van der Waals surface area contributed by atoms with Crippen LogP contribution in [0.3, 0.4) is 0 Å². The van der Waals surface area contributed by atoms with Crippen molar-refractivity contribution in [2.24, 2.45) is 0 Å². The predicted molar refractivity (Wildman–Crippen MR) is 74.5 cm³/mol. The summed E-state index contributed by atoms with van der Waals surface area (Å²) in [4.78, 5) is 2.61. The molecule has 1 aromatic rings. The molecule has 2 rings (SSSR count). The normalized spacial score (nSPS) is 25.0. The highest BCUT2D eigenvalue weighted by atomic mass is 15.2. The van der Waals surface area contributed by atoms with E-state index in [0.29, 0.717) is 12.1 Å². The number of hydrogen-bond acceptors (Lipinski definition) is 2. The van der Waals surface area contributed by atoms with Crippen LogP contribution in [0.4, 0.5) is 5.69 Å². The Kier molecular flexibility index (Phi) is 4.06. The maximum atomic E-state index is 3.27. The predicted octanol–water partition coefficient (Wildman–Crippen LogP) is 3.17. The Labute approximate surface area is 105 Å². The number of nitrogens with one attached hydrogen (secondary N) is 1. The van der Waals surface area contributed by atoms with Crippen molar-refractivity contribution in [3.63, 3.8) is 0 Å². The Morgan fingerprint density at radius 2 is 1.82 bits per heavy atom. The molecule has 0 bridgehead atoms. The largest absolute Gasteiger partial charge is 0.366 e. The van der Waals surface area contributed by atoms with Gasteiger partial charge < -0.3 is 10.2 Å². The van der Waals surface area contributed by atoms with Crippen molar-refractivity contribution in [3.8, 4) is 0 Å². The Morgan fingerprint density at radius 3 is 2.47 bits per heavy atom. The molecule has 2 unspecified atom stereocenters. The van der Waals surface area contributed by atoms with Crippen LogP contribution < -0.4 is 10.2 Å². The molecule has 0 amide bonds. The van der Waals surface area contributed by atoms with Crippen LogP contribution in [0.1, 0.15) is 38.7 Å². The third-order valence-electron chi connectivity index (χ3n) is 3.83. The monoisotopic (exact) mass is 232 g/mol. The van der Waals surface area contributed by atoms with E-state index in [9.17, 15) is 0 Å². The summed E-state index contributed by atoms with van der Waals surface area (Å²) >= 11 is 0. The van der Waals surface area contributed by atoms with E-state index in [1.807, 2.05) is 7.05 Å². The Balaban J connectivity index is 2.30. The second kappa shape index (κ2) is 5.54. The maximum Gasteiger partial charge on any atom is 0.0416 e. The number of benzene rings is 1. The van der Waals surface area contributed by atoms with Crippen molar-refractivity contribution in [3.05, 3.63) is 29.8 Å². The van der Waals surface area contributed by atoms with Crippen LogP contribution in [0.5, 0.6) is 0 Å². The van der Waals surface area contributed by atoms with Crippen molar-refractivity contribution < 1.29 is 0 Å². The molecular weight excluding hydrogens is 208 g/mol. The summed E-state index contributed by atoms with van der Waals surface area (Å²) in [6, 6.07) is 10.1.